The summed E-state index contributed by atoms with van der Waals surface area (Å²) in [6.45, 7) is 2.31. The summed E-state index contributed by atoms with van der Waals surface area (Å²) in [6, 6.07) is 3.92. The van der Waals surface area contributed by atoms with Gasteiger partial charge in [0, 0.05) is 12.1 Å². The molecule has 2 aliphatic carbocycles. The van der Waals surface area contributed by atoms with E-state index >= 15 is 0 Å². The first-order chi connectivity index (χ1) is 13.3. The number of rotatable bonds is 7. The Balaban J connectivity index is 1.55. The van der Waals surface area contributed by atoms with Gasteiger partial charge in [-0.3, -0.25) is 9.69 Å². The number of anilines is 1. The van der Waals surface area contributed by atoms with Crippen LogP contribution in [0.2, 0.25) is 0 Å². The van der Waals surface area contributed by atoms with E-state index in [1.807, 2.05) is 0 Å². The molecule has 0 radical (unpaired) electrons. The van der Waals surface area contributed by atoms with Crippen molar-refractivity contribution in [3.05, 3.63) is 36.4 Å². The van der Waals surface area contributed by atoms with Crippen molar-refractivity contribution in [1.82, 2.24) is 19.7 Å². The summed E-state index contributed by atoms with van der Waals surface area (Å²) in [7, 11) is 0. The number of hydrogen-bond donors (Lipinski definition) is 1. The molecular weight excluding hydrogens is 371 g/mol. The van der Waals surface area contributed by atoms with Crippen LogP contribution in [0, 0.1) is 5.92 Å². The fraction of sp³-hybridized carbons (Fsp3) is 0.526. The van der Waals surface area contributed by atoms with Gasteiger partial charge >= 0.3 is 6.18 Å². The molecule has 2 aliphatic rings. The number of carbonyl (C=O) groups is 1. The van der Waals surface area contributed by atoms with Gasteiger partial charge < -0.3 is 5.32 Å². The molecule has 1 aromatic carbocycles. The number of nitrogens with one attached hydrogen (secondary N) is 1. The highest BCUT2D eigenvalue weighted by molar-refractivity contribution is 5.94. The van der Waals surface area contributed by atoms with Gasteiger partial charge in [0.05, 0.1) is 23.5 Å². The van der Waals surface area contributed by atoms with Crippen molar-refractivity contribution in [2.75, 3.05) is 11.9 Å². The van der Waals surface area contributed by atoms with Gasteiger partial charge in [-0.15, -0.1) is 0 Å². The third-order valence-electron chi connectivity index (χ3n) is 5.43. The predicted molar refractivity (Wildman–Crippen MR) is 96.9 cm³/mol. The Kier molecular flexibility index (Phi) is 4.86. The Bertz CT molecular complexity index is 844. The first kappa shape index (κ1) is 18.9. The SMILES string of the molecule is CC(C1CC1)N(CC(=O)Nc1cc(C(F)(F)F)ccc1-n1cncn1)C1CC1. The minimum atomic E-state index is -4.50. The summed E-state index contributed by atoms with van der Waals surface area (Å²) in [5, 5.41) is 6.64. The zero-order valence-corrected chi connectivity index (χ0v) is 15.5. The van der Waals surface area contributed by atoms with Gasteiger partial charge in [0.1, 0.15) is 12.7 Å². The third-order valence-corrected chi connectivity index (χ3v) is 5.43. The summed E-state index contributed by atoms with van der Waals surface area (Å²) in [4.78, 5) is 18.7. The van der Waals surface area contributed by atoms with E-state index in [1.54, 1.807) is 0 Å². The first-order valence-electron chi connectivity index (χ1n) is 9.45. The van der Waals surface area contributed by atoms with Gasteiger partial charge in [0.25, 0.3) is 0 Å². The van der Waals surface area contributed by atoms with E-state index in [-0.39, 0.29) is 18.1 Å². The van der Waals surface area contributed by atoms with Crippen molar-refractivity contribution in [2.24, 2.45) is 5.92 Å². The average molecular weight is 393 g/mol. The summed E-state index contributed by atoms with van der Waals surface area (Å²) in [6.07, 6.45) is 2.66. The maximum absolute atomic E-state index is 13.1. The predicted octanol–water partition coefficient (Wildman–Crippen LogP) is 3.49. The maximum Gasteiger partial charge on any atom is 0.416 e. The number of amides is 1. The second-order valence-electron chi connectivity index (χ2n) is 7.60. The lowest BCUT2D eigenvalue weighted by molar-refractivity contribution is -0.137. The molecule has 9 heteroatoms. The normalized spacial score (nSPS) is 18.3. The molecule has 0 spiro atoms. The zero-order valence-electron chi connectivity index (χ0n) is 15.5. The Hall–Kier alpha value is -2.42. The van der Waals surface area contributed by atoms with Crippen LogP contribution in [-0.4, -0.2) is 44.2 Å². The Labute approximate surface area is 160 Å². The summed E-state index contributed by atoms with van der Waals surface area (Å²) in [5.41, 5.74) is -0.413. The molecular formula is C19H22F3N5O. The maximum atomic E-state index is 13.1. The molecule has 2 aromatic rings. The number of aromatic nitrogens is 3. The van der Waals surface area contributed by atoms with Gasteiger partial charge in [0.2, 0.25) is 5.91 Å². The monoisotopic (exact) mass is 393 g/mol. The van der Waals surface area contributed by atoms with Crippen molar-refractivity contribution in [2.45, 2.75) is 50.9 Å². The topological polar surface area (TPSA) is 63.1 Å². The van der Waals surface area contributed by atoms with Crippen molar-refractivity contribution in [3.63, 3.8) is 0 Å². The molecule has 0 bridgehead atoms. The van der Waals surface area contributed by atoms with E-state index in [9.17, 15) is 18.0 Å². The molecule has 1 unspecified atom stereocenters. The molecule has 1 heterocycles. The Morgan fingerprint density at radius 3 is 2.64 bits per heavy atom. The molecule has 1 aromatic heterocycles. The second kappa shape index (κ2) is 7.20. The molecule has 2 saturated carbocycles. The van der Waals surface area contributed by atoms with Crippen LogP contribution in [0.25, 0.3) is 5.69 Å². The standard InChI is InChI=1S/C19H22F3N5O/c1-12(13-2-3-13)26(15-5-6-15)9-18(28)25-16-8-14(19(20,21)22)4-7-17(16)27-11-23-10-24-27/h4,7-8,10-13,15H,2-3,5-6,9H2,1H3,(H,25,28). The van der Waals surface area contributed by atoms with Gasteiger partial charge in [-0.25, -0.2) is 9.67 Å². The largest absolute Gasteiger partial charge is 0.416 e. The molecule has 0 saturated heterocycles. The number of nitrogens with zero attached hydrogens (tertiary/aromatic N) is 4. The summed E-state index contributed by atoms with van der Waals surface area (Å²) < 4.78 is 40.8. The highest BCUT2D eigenvalue weighted by Gasteiger charge is 2.40. The van der Waals surface area contributed by atoms with Crippen LogP contribution >= 0.6 is 0 Å². The average Bonchev–Trinajstić information content (AvgIpc) is 3.57. The third kappa shape index (κ3) is 4.19. The number of benzene rings is 1. The summed E-state index contributed by atoms with van der Waals surface area (Å²) >= 11 is 0. The highest BCUT2D eigenvalue weighted by Crippen LogP contribution is 2.39. The van der Waals surface area contributed by atoms with E-state index < -0.39 is 11.7 Å². The van der Waals surface area contributed by atoms with E-state index in [4.69, 9.17) is 0 Å². The zero-order chi connectivity index (χ0) is 19.9. The molecule has 1 atom stereocenters. The van der Waals surface area contributed by atoms with Crippen molar-refractivity contribution in [3.8, 4) is 5.69 Å². The second-order valence-corrected chi connectivity index (χ2v) is 7.60. The van der Waals surface area contributed by atoms with Gasteiger partial charge in [0.15, 0.2) is 0 Å². The smallest absolute Gasteiger partial charge is 0.323 e. The molecule has 2 fully saturated rings. The lowest BCUT2D eigenvalue weighted by atomic mass is 10.1. The molecule has 4 rings (SSSR count). The minimum absolute atomic E-state index is 0.0696. The lowest BCUT2D eigenvalue weighted by Crippen LogP contribution is -2.42. The fourth-order valence-corrected chi connectivity index (χ4v) is 3.56. The van der Waals surface area contributed by atoms with Crippen molar-refractivity contribution >= 4 is 11.6 Å². The summed E-state index contributed by atoms with van der Waals surface area (Å²) in [5.74, 6) is 0.299. The van der Waals surface area contributed by atoms with Crippen LogP contribution in [0.1, 0.15) is 38.2 Å². The van der Waals surface area contributed by atoms with Crippen LogP contribution in [0.15, 0.2) is 30.9 Å². The van der Waals surface area contributed by atoms with Crippen LogP contribution in [-0.2, 0) is 11.0 Å². The van der Waals surface area contributed by atoms with E-state index in [2.05, 4.69) is 27.2 Å². The van der Waals surface area contributed by atoms with E-state index in [0.717, 1.165) is 25.0 Å². The fourth-order valence-electron chi connectivity index (χ4n) is 3.56. The first-order valence-corrected chi connectivity index (χ1v) is 9.45. The Morgan fingerprint density at radius 2 is 2.07 bits per heavy atom. The van der Waals surface area contributed by atoms with Gasteiger partial charge in [-0.2, -0.15) is 18.3 Å². The highest BCUT2D eigenvalue weighted by atomic mass is 19.4. The van der Waals surface area contributed by atoms with Crippen molar-refractivity contribution in [1.29, 1.82) is 0 Å². The van der Waals surface area contributed by atoms with Crippen LogP contribution < -0.4 is 5.32 Å². The van der Waals surface area contributed by atoms with Crippen molar-refractivity contribution < 1.29 is 18.0 Å². The van der Waals surface area contributed by atoms with Crippen LogP contribution in [0.5, 0.6) is 0 Å². The van der Waals surface area contributed by atoms with Crippen LogP contribution in [0.4, 0.5) is 18.9 Å². The molecule has 1 amide bonds. The Morgan fingerprint density at radius 1 is 1.32 bits per heavy atom. The van der Waals surface area contributed by atoms with Gasteiger partial charge in [-0.1, -0.05) is 0 Å². The minimum Gasteiger partial charge on any atom is -0.323 e. The van der Waals surface area contributed by atoms with Crippen LogP contribution in [0.3, 0.4) is 0 Å². The molecule has 28 heavy (non-hydrogen) atoms. The lowest BCUT2D eigenvalue weighted by Gasteiger charge is -2.28. The molecule has 6 nitrogen and oxygen atoms in total. The van der Waals surface area contributed by atoms with E-state index in [0.29, 0.717) is 23.7 Å². The van der Waals surface area contributed by atoms with Gasteiger partial charge in [-0.05, 0) is 56.7 Å². The number of hydrogen-bond acceptors (Lipinski definition) is 4. The molecule has 0 aliphatic heterocycles. The number of alkyl halides is 3. The number of carbonyl (C=O) groups excluding carboxylic acids is 1. The molecule has 1 N–H and O–H groups in total. The number of halogens is 3. The molecule has 150 valence electrons. The van der Waals surface area contributed by atoms with E-state index in [1.165, 1.54) is 36.2 Å². The quantitative estimate of drug-likeness (QED) is 0.782.